The van der Waals surface area contributed by atoms with Gasteiger partial charge in [0.2, 0.25) is 5.91 Å². The number of carbonyl (C=O) groups is 3. The van der Waals surface area contributed by atoms with Crippen LogP contribution in [0, 0.1) is 11.2 Å². The minimum atomic E-state index is -2.93. The molecule has 6 rings (SSSR count). The number of anilines is 1. The monoisotopic (exact) mass is 666 g/mol. The third kappa shape index (κ3) is 7.30. The predicted octanol–water partition coefficient (Wildman–Crippen LogP) is 3.91. The van der Waals surface area contributed by atoms with Gasteiger partial charge in [0.15, 0.2) is 9.84 Å². The number of hydrogen-bond acceptors (Lipinski definition) is 7. The second-order valence-electron chi connectivity index (χ2n) is 13.9. The maximum atomic E-state index is 14.4. The second kappa shape index (κ2) is 12.9. The number of halogens is 1. The molecule has 252 valence electrons. The molecule has 1 aliphatic carbocycles. The molecule has 1 saturated carbocycles. The van der Waals surface area contributed by atoms with Crippen LogP contribution in [0.1, 0.15) is 66.8 Å². The summed E-state index contributed by atoms with van der Waals surface area (Å²) in [7, 11) is -2.93. The van der Waals surface area contributed by atoms with Crippen molar-refractivity contribution >= 4 is 44.3 Å². The smallest absolute Gasteiger partial charge is 0.315 e. The second-order valence-corrected chi connectivity index (χ2v) is 16.2. The number of nitrogens with two attached hydrogens (primary N) is 1. The molecule has 0 atom stereocenters. The van der Waals surface area contributed by atoms with Gasteiger partial charge in [-0.1, -0.05) is 19.9 Å². The van der Waals surface area contributed by atoms with Crippen LogP contribution in [-0.2, 0) is 16.3 Å². The Kier molecular flexibility index (Phi) is 9.05. The number of nitrogens with one attached hydrogen (secondary N) is 3. The van der Waals surface area contributed by atoms with E-state index in [-0.39, 0.29) is 40.9 Å². The summed E-state index contributed by atoms with van der Waals surface area (Å²) in [5.74, 6) is -0.710. The van der Waals surface area contributed by atoms with Gasteiger partial charge in [-0.2, -0.15) is 0 Å². The number of hydrogen-bond donors (Lipinski definition) is 4. The minimum Gasteiger partial charge on any atom is -0.382 e. The Morgan fingerprint density at radius 1 is 1.00 bits per heavy atom. The number of benzene rings is 2. The number of amides is 3. The number of aromatic nitrogens is 1. The molecule has 3 aromatic rings. The van der Waals surface area contributed by atoms with Crippen LogP contribution < -0.4 is 21.7 Å². The van der Waals surface area contributed by atoms with E-state index in [1.54, 1.807) is 16.7 Å². The van der Waals surface area contributed by atoms with E-state index < -0.39 is 21.6 Å². The van der Waals surface area contributed by atoms with Crippen molar-refractivity contribution in [3.63, 3.8) is 0 Å². The normalized spacial score (nSPS) is 22.4. The van der Waals surface area contributed by atoms with E-state index in [1.165, 1.54) is 12.1 Å². The Balaban J connectivity index is 1.13. The molecule has 3 aliphatic rings. The molecule has 0 radical (unpaired) electrons. The SMILES string of the molecule is CC1(C)CC(=O)n2c(c(-c3ccc(C(N)=O)c(NC4CCC(NC(=O)NCCN5CCS(=O)(=O)CC5)CC4)c3)c3ccc(F)cc32)C1. The Morgan fingerprint density at radius 2 is 1.70 bits per heavy atom. The van der Waals surface area contributed by atoms with Gasteiger partial charge >= 0.3 is 6.03 Å². The number of fused-ring (bicyclic) bond motifs is 3. The van der Waals surface area contributed by atoms with Gasteiger partial charge in [-0.3, -0.25) is 19.1 Å². The number of nitrogens with zero attached hydrogens (tertiary/aromatic N) is 2. The third-order valence-electron chi connectivity index (χ3n) is 9.70. The standard InChI is InChI=1S/C34H43FN6O5S/c1-34(2)19-29-31(26-10-4-22(35)18-28(26)41(29)30(42)20-34)21-3-9-25(32(36)43)27(17-21)38-23-5-7-24(8-6-23)39-33(44)37-11-12-40-13-15-47(45,46)16-14-40/h3-4,9-10,17-18,23-24,38H,5-8,11-16,19-20H2,1-2H3,(H2,36,43)(H2,37,39,44). The third-order valence-corrected chi connectivity index (χ3v) is 11.3. The summed E-state index contributed by atoms with van der Waals surface area (Å²) < 4.78 is 39.3. The molecule has 0 bridgehead atoms. The Morgan fingerprint density at radius 3 is 2.40 bits per heavy atom. The Bertz CT molecular complexity index is 1820. The van der Waals surface area contributed by atoms with Crippen LogP contribution in [0.15, 0.2) is 36.4 Å². The molecule has 0 unspecified atom stereocenters. The molecular formula is C34H43FN6O5S. The summed E-state index contributed by atoms with van der Waals surface area (Å²) in [6.45, 7) is 6.14. The maximum absolute atomic E-state index is 14.4. The van der Waals surface area contributed by atoms with Crippen molar-refractivity contribution < 1.29 is 27.2 Å². The zero-order chi connectivity index (χ0) is 33.5. The van der Waals surface area contributed by atoms with Gasteiger partial charge in [-0.25, -0.2) is 17.6 Å². The molecule has 1 aromatic heterocycles. The molecule has 3 heterocycles. The van der Waals surface area contributed by atoms with Gasteiger partial charge in [0, 0.05) is 67.0 Å². The molecule has 11 nitrogen and oxygen atoms in total. The van der Waals surface area contributed by atoms with Crippen molar-refractivity contribution in [1.82, 2.24) is 20.1 Å². The minimum absolute atomic E-state index is 0.00985. The topological polar surface area (TPSA) is 156 Å². The number of urea groups is 1. The Hall–Kier alpha value is -3.97. The van der Waals surface area contributed by atoms with Gasteiger partial charge in [0.25, 0.3) is 5.91 Å². The van der Waals surface area contributed by atoms with Crippen LogP contribution in [0.3, 0.4) is 0 Å². The average molecular weight is 667 g/mol. The lowest BCUT2D eigenvalue weighted by atomic mass is 9.80. The van der Waals surface area contributed by atoms with Gasteiger partial charge in [-0.05, 0) is 73.4 Å². The summed E-state index contributed by atoms with van der Waals surface area (Å²) in [5, 5.41) is 10.2. The maximum Gasteiger partial charge on any atom is 0.315 e. The van der Waals surface area contributed by atoms with Crippen molar-refractivity contribution in [2.75, 3.05) is 43.0 Å². The van der Waals surface area contributed by atoms with Crippen molar-refractivity contribution in [2.45, 2.75) is 64.5 Å². The zero-order valence-corrected chi connectivity index (χ0v) is 27.7. The van der Waals surface area contributed by atoms with Crippen molar-refractivity contribution in [3.8, 4) is 11.1 Å². The highest BCUT2D eigenvalue weighted by molar-refractivity contribution is 7.91. The van der Waals surface area contributed by atoms with Crippen LogP contribution in [-0.4, -0.2) is 85.5 Å². The number of primary amides is 1. The van der Waals surface area contributed by atoms with Crippen LogP contribution in [0.25, 0.3) is 22.0 Å². The summed E-state index contributed by atoms with van der Waals surface area (Å²) in [6.07, 6.45) is 4.03. The summed E-state index contributed by atoms with van der Waals surface area (Å²) in [6, 6.07) is 9.79. The van der Waals surface area contributed by atoms with Gasteiger partial charge in [0.05, 0.1) is 22.6 Å². The largest absolute Gasteiger partial charge is 0.382 e. The van der Waals surface area contributed by atoms with Crippen molar-refractivity contribution in [1.29, 1.82) is 0 Å². The molecule has 47 heavy (non-hydrogen) atoms. The van der Waals surface area contributed by atoms with E-state index in [9.17, 15) is 27.2 Å². The van der Waals surface area contributed by atoms with E-state index >= 15 is 0 Å². The lowest BCUT2D eigenvalue weighted by Gasteiger charge is -2.31. The first-order chi connectivity index (χ1) is 22.3. The van der Waals surface area contributed by atoms with E-state index in [1.807, 2.05) is 17.0 Å². The lowest BCUT2D eigenvalue weighted by Crippen LogP contribution is -2.48. The molecule has 3 amide bonds. The summed E-state index contributed by atoms with van der Waals surface area (Å²) >= 11 is 0. The van der Waals surface area contributed by atoms with Crippen molar-refractivity contribution in [3.05, 3.63) is 53.5 Å². The average Bonchev–Trinajstić information content (AvgIpc) is 3.31. The fourth-order valence-corrected chi connectivity index (χ4v) is 8.54. The van der Waals surface area contributed by atoms with E-state index in [2.05, 4.69) is 29.8 Å². The van der Waals surface area contributed by atoms with E-state index in [4.69, 9.17) is 5.73 Å². The summed E-state index contributed by atoms with van der Waals surface area (Å²) in [4.78, 5) is 40.3. The summed E-state index contributed by atoms with van der Waals surface area (Å²) in [5.41, 5.74) is 9.53. The lowest BCUT2D eigenvalue weighted by molar-refractivity contribution is 0.0816. The van der Waals surface area contributed by atoms with Gasteiger partial charge in [-0.15, -0.1) is 0 Å². The van der Waals surface area contributed by atoms with Crippen LogP contribution in [0.2, 0.25) is 0 Å². The predicted molar refractivity (Wildman–Crippen MR) is 180 cm³/mol. The van der Waals surface area contributed by atoms with Gasteiger partial charge in [0.1, 0.15) is 5.82 Å². The molecular weight excluding hydrogens is 623 g/mol. The highest BCUT2D eigenvalue weighted by atomic mass is 32.2. The molecule has 5 N–H and O–H groups in total. The number of sulfone groups is 1. The van der Waals surface area contributed by atoms with Crippen LogP contribution in [0.4, 0.5) is 14.9 Å². The van der Waals surface area contributed by atoms with E-state index in [0.29, 0.717) is 55.8 Å². The Labute approximate surface area is 274 Å². The molecule has 2 fully saturated rings. The van der Waals surface area contributed by atoms with Crippen LogP contribution >= 0.6 is 0 Å². The first-order valence-corrected chi connectivity index (χ1v) is 18.1. The highest BCUT2D eigenvalue weighted by Crippen LogP contribution is 2.43. The molecule has 0 spiro atoms. The molecule has 13 heteroatoms. The molecule has 1 saturated heterocycles. The number of rotatable bonds is 8. The fraction of sp³-hybridized carbons (Fsp3) is 0.500. The first kappa shape index (κ1) is 33.0. The van der Waals surface area contributed by atoms with Gasteiger partial charge < -0.3 is 21.7 Å². The quantitative estimate of drug-likeness (QED) is 0.284. The van der Waals surface area contributed by atoms with Crippen LogP contribution in [0.5, 0.6) is 0 Å². The highest BCUT2D eigenvalue weighted by Gasteiger charge is 2.35. The molecule has 2 aromatic carbocycles. The van der Waals surface area contributed by atoms with Crippen molar-refractivity contribution in [2.24, 2.45) is 11.1 Å². The fourth-order valence-electron chi connectivity index (χ4n) is 7.27. The number of carbonyl (C=O) groups excluding carboxylic acids is 3. The zero-order valence-electron chi connectivity index (χ0n) is 26.9. The van der Waals surface area contributed by atoms with E-state index in [0.717, 1.165) is 47.9 Å². The molecule has 2 aliphatic heterocycles. The first-order valence-electron chi connectivity index (χ1n) is 16.3.